The van der Waals surface area contributed by atoms with Crippen LogP contribution in [-0.2, 0) is 6.18 Å². The van der Waals surface area contributed by atoms with Gasteiger partial charge in [0, 0.05) is 12.6 Å². The summed E-state index contributed by atoms with van der Waals surface area (Å²) in [6.45, 7) is 1.74. The van der Waals surface area contributed by atoms with Gasteiger partial charge >= 0.3 is 6.18 Å². The van der Waals surface area contributed by atoms with Crippen molar-refractivity contribution in [3.05, 3.63) is 29.8 Å². The van der Waals surface area contributed by atoms with Crippen LogP contribution in [0.1, 0.15) is 18.9 Å². The number of hydrogen-bond donors (Lipinski definition) is 2. The SMILES string of the molecule is CC(CC=NNO)Oc1ccc(C(F)(F)F)cc1. The highest BCUT2D eigenvalue weighted by molar-refractivity contribution is 5.57. The minimum atomic E-state index is -4.34. The van der Waals surface area contributed by atoms with Crippen molar-refractivity contribution < 1.29 is 23.1 Å². The van der Waals surface area contributed by atoms with Crippen LogP contribution in [0.2, 0.25) is 0 Å². The maximum atomic E-state index is 12.3. The summed E-state index contributed by atoms with van der Waals surface area (Å²) in [4.78, 5) is 0. The summed E-state index contributed by atoms with van der Waals surface area (Å²) in [5.74, 6) is 0.348. The Morgan fingerprint density at radius 1 is 1.39 bits per heavy atom. The molecule has 0 saturated carbocycles. The quantitative estimate of drug-likeness (QED) is 0.633. The summed E-state index contributed by atoms with van der Waals surface area (Å²) >= 11 is 0. The molecule has 7 heteroatoms. The van der Waals surface area contributed by atoms with Crippen molar-refractivity contribution in [2.45, 2.75) is 25.6 Å². The number of hydrazone groups is 1. The van der Waals surface area contributed by atoms with Crippen LogP contribution in [0.15, 0.2) is 29.4 Å². The number of nitrogens with zero attached hydrogens (tertiary/aromatic N) is 1. The Bertz CT molecular complexity index is 390. The van der Waals surface area contributed by atoms with E-state index in [0.717, 1.165) is 12.1 Å². The van der Waals surface area contributed by atoms with Crippen molar-refractivity contribution in [1.82, 2.24) is 5.59 Å². The van der Waals surface area contributed by atoms with Crippen LogP contribution in [0.4, 0.5) is 13.2 Å². The Balaban J connectivity index is 2.56. The van der Waals surface area contributed by atoms with Crippen molar-refractivity contribution in [3.63, 3.8) is 0 Å². The average Bonchev–Trinajstić information content (AvgIpc) is 2.29. The van der Waals surface area contributed by atoms with Crippen LogP contribution in [-0.4, -0.2) is 17.5 Å². The first-order valence-electron chi connectivity index (χ1n) is 5.18. The molecule has 1 rings (SSSR count). The molecule has 1 aromatic rings. The smallest absolute Gasteiger partial charge is 0.416 e. The van der Waals surface area contributed by atoms with Gasteiger partial charge in [0.1, 0.15) is 11.9 Å². The number of rotatable bonds is 5. The fraction of sp³-hybridized carbons (Fsp3) is 0.364. The molecule has 0 aliphatic carbocycles. The zero-order chi connectivity index (χ0) is 13.6. The van der Waals surface area contributed by atoms with Gasteiger partial charge in [-0.15, -0.1) is 0 Å². The summed E-state index contributed by atoms with van der Waals surface area (Å²) < 4.78 is 42.3. The van der Waals surface area contributed by atoms with Gasteiger partial charge in [0.15, 0.2) is 0 Å². The van der Waals surface area contributed by atoms with Crippen LogP contribution < -0.4 is 10.3 Å². The van der Waals surface area contributed by atoms with Gasteiger partial charge in [0.25, 0.3) is 0 Å². The second-order valence-electron chi connectivity index (χ2n) is 3.60. The Morgan fingerprint density at radius 3 is 2.50 bits per heavy atom. The number of benzene rings is 1. The second-order valence-corrected chi connectivity index (χ2v) is 3.60. The molecule has 0 aromatic heterocycles. The highest BCUT2D eigenvalue weighted by Crippen LogP contribution is 2.30. The lowest BCUT2D eigenvalue weighted by molar-refractivity contribution is -0.137. The first-order chi connectivity index (χ1) is 8.43. The first kappa shape index (κ1) is 14.3. The third-order valence-electron chi connectivity index (χ3n) is 2.11. The largest absolute Gasteiger partial charge is 0.490 e. The van der Waals surface area contributed by atoms with E-state index in [0.29, 0.717) is 12.2 Å². The summed E-state index contributed by atoms with van der Waals surface area (Å²) in [5, 5.41) is 11.5. The number of halogens is 3. The molecule has 0 amide bonds. The molecule has 0 radical (unpaired) electrons. The maximum Gasteiger partial charge on any atom is 0.416 e. The van der Waals surface area contributed by atoms with Crippen molar-refractivity contribution in [2.75, 3.05) is 0 Å². The zero-order valence-corrected chi connectivity index (χ0v) is 9.61. The van der Waals surface area contributed by atoms with Crippen LogP contribution in [0.5, 0.6) is 5.75 Å². The Morgan fingerprint density at radius 2 is 2.00 bits per heavy atom. The molecule has 1 atom stereocenters. The predicted octanol–water partition coefficient (Wildman–Crippen LogP) is 2.83. The molecular weight excluding hydrogens is 249 g/mol. The molecule has 4 nitrogen and oxygen atoms in total. The molecule has 0 aliphatic heterocycles. The van der Waals surface area contributed by atoms with E-state index >= 15 is 0 Å². The lowest BCUT2D eigenvalue weighted by Gasteiger charge is -2.13. The lowest BCUT2D eigenvalue weighted by atomic mass is 10.2. The van der Waals surface area contributed by atoms with Crippen molar-refractivity contribution in [2.24, 2.45) is 5.10 Å². The second kappa shape index (κ2) is 6.25. The summed E-state index contributed by atoms with van der Waals surface area (Å²) in [6, 6.07) is 4.46. The average molecular weight is 262 g/mol. The van der Waals surface area contributed by atoms with Crippen LogP contribution in [0.25, 0.3) is 0 Å². The zero-order valence-electron chi connectivity index (χ0n) is 9.61. The fourth-order valence-electron chi connectivity index (χ4n) is 1.24. The van der Waals surface area contributed by atoms with Crippen molar-refractivity contribution in [3.8, 4) is 5.75 Å². The summed E-state index contributed by atoms with van der Waals surface area (Å²) in [6.07, 6.45) is -2.80. The van der Waals surface area contributed by atoms with Gasteiger partial charge in [-0.3, -0.25) is 5.21 Å². The third kappa shape index (κ3) is 4.62. The summed E-state index contributed by atoms with van der Waals surface area (Å²) in [7, 11) is 0. The lowest BCUT2D eigenvalue weighted by Crippen LogP contribution is -2.13. The Labute approximate surface area is 102 Å². The van der Waals surface area contributed by atoms with E-state index in [4.69, 9.17) is 9.94 Å². The van der Waals surface area contributed by atoms with E-state index in [2.05, 4.69) is 5.10 Å². The molecule has 100 valence electrons. The molecular formula is C11H13F3N2O2. The predicted molar refractivity (Wildman–Crippen MR) is 59.6 cm³/mol. The highest BCUT2D eigenvalue weighted by Gasteiger charge is 2.30. The van der Waals surface area contributed by atoms with E-state index in [-0.39, 0.29) is 6.10 Å². The van der Waals surface area contributed by atoms with Crippen LogP contribution in [0, 0.1) is 0 Å². The standard InChI is InChI=1S/C11H13F3N2O2/c1-8(6-7-15-16-17)18-10-4-2-9(3-5-10)11(12,13)14/h2-5,7-8,16-17H,6H2,1H3. The highest BCUT2D eigenvalue weighted by atomic mass is 19.4. The van der Waals surface area contributed by atoms with Gasteiger partial charge in [0.05, 0.1) is 5.56 Å². The molecule has 1 unspecified atom stereocenters. The number of ether oxygens (including phenoxy) is 1. The molecule has 0 fully saturated rings. The van der Waals surface area contributed by atoms with Gasteiger partial charge in [0.2, 0.25) is 0 Å². The third-order valence-corrected chi connectivity index (χ3v) is 2.11. The molecule has 2 N–H and O–H groups in total. The molecule has 0 bridgehead atoms. The monoisotopic (exact) mass is 262 g/mol. The number of nitrogens with one attached hydrogen (secondary N) is 1. The fourth-order valence-corrected chi connectivity index (χ4v) is 1.24. The molecule has 18 heavy (non-hydrogen) atoms. The normalized spacial score (nSPS) is 13.6. The maximum absolute atomic E-state index is 12.3. The van der Waals surface area contributed by atoms with Gasteiger partial charge in [-0.05, 0) is 31.2 Å². The Kier molecular flexibility index (Phi) is 4.96. The molecule has 0 heterocycles. The minimum absolute atomic E-state index is 0.265. The summed E-state index contributed by atoms with van der Waals surface area (Å²) in [5.41, 5.74) is 0.886. The van der Waals surface area contributed by atoms with Crippen molar-refractivity contribution >= 4 is 6.21 Å². The molecule has 1 aromatic carbocycles. The van der Waals surface area contributed by atoms with Gasteiger partial charge in [-0.2, -0.15) is 23.9 Å². The van der Waals surface area contributed by atoms with Crippen molar-refractivity contribution in [1.29, 1.82) is 0 Å². The minimum Gasteiger partial charge on any atom is -0.490 e. The van der Waals surface area contributed by atoms with Gasteiger partial charge in [-0.25, -0.2) is 0 Å². The van der Waals surface area contributed by atoms with Crippen LogP contribution >= 0.6 is 0 Å². The molecule has 0 spiro atoms. The number of alkyl halides is 3. The first-order valence-corrected chi connectivity index (χ1v) is 5.18. The van der Waals surface area contributed by atoms with E-state index in [1.54, 1.807) is 12.5 Å². The van der Waals surface area contributed by atoms with E-state index in [1.165, 1.54) is 18.3 Å². The van der Waals surface area contributed by atoms with Gasteiger partial charge in [-0.1, -0.05) is 0 Å². The number of hydrogen-bond acceptors (Lipinski definition) is 4. The Hall–Kier alpha value is -1.76. The van der Waals surface area contributed by atoms with E-state index in [9.17, 15) is 13.2 Å². The van der Waals surface area contributed by atoms with E-state index in [1.807, 2.05) is 0 Å². The molecule has 0 saturated heterocycles. The van der Waals surface area contributed by atoms with E-state index < -0.39 is 11.7 Å². The van der Waals surface area contributed by atoms with Crippen LogP contribution in [0.3, 0.4) is 0 Å². The van der Waals surface area contributed by atoms with Gasteiger partial charge < -0.3 is 4.74 Å². The molecule has 0 aliphatic rings. The topological polar surface area (TPSA) is 53.9 Å².